The lowest BCUT2D eigenvalue weighted by Crippen LogP contribution is -2.27. The number of halogens is 1. The normalized spacial score (nSPS) is 16.0. The molecule has 1 aliphatic rings. The molecular weight excluding hydrogens is 457 g/mol. The third kappa shape index (κ3) is 3.41. The van der Waals surface area contributed by atoms with Crippen molar-refractivity contribution in [2.45, 2.75) is 6.54 Å². The van der Waals surface area contributed by atoms with E-state index in [1.165, 1.54) is 4.90 Å². The van der Waals surface area contributed by atoms with Crippen molar-refractivity contribution in [3.63, 3.8) is 0 Å². The first-order valence-electron chi connectivity index (χ1n) is 8.09. The standard InChI is InChI=1S/C21H14INO2S/c22-17-10-8-14(9-11-17)13-23-20(24)19(26-21(23)25)12-16-6-3-5-15-4-1-2-7-18(15)16/h1-12H,13H2/b19-12-. The van der Waals surface area contributed by atoms with Crippen LogP contribution in [0.25, 0.3) is 16.8 Å². The van der Waals surface area contributed by atoms with E-state index in [9.17, 15) is 9.59 Å². The molecule has 0 N–H and O–H groups in total. The van der Waals surface area contributed by atoms with Gasteiger partial charge in [0.05, 0.1) is 11.4 Å². The zero-order valence-corrected chi connectivity index (χ0v) is 16.7. The zero-order valence-electron chi connectivity index (χ0n) is 13.7. The summed E-state index contributed by atoms with van der Waals surface area (Å²) in [7, 11) is 0. The van der Waals surface area contributed by atoms with E-state index < -0.39 is 0 Å². The Hall–Kier alpha value is -2.12. The Morgan fingerprint density at radius 2 is 1.65 bits per heavy atom. The number of hydrogen-bond acceptors (Lipinski definition) is 3. The molecule has 1 aliphatic heterocycles. The number of hydrogen-bond donors (Lipinski definition) is 0. The molecule has 0 atom stereocenters. The van der Waals surface area contributed by atoms with Crippen molar-refractivity contribution in [2.75, 3.05) is 0 Å². The Kier molecular flexibility index (Phi) is 4.82. The summed E-state index contributed by atoms with van der Waals surface area (Å²) in [6, 6.07) is 21.8. The van der Waals surface area contributed by atoms with Crippen molar-refractivity contribution >= 4 is 62.3 Å². The highest BCUT2D eigenvalue weighted by atomic mass is 127. The predicted octanol–water partition coefficient (Wildman–Crippen LogP) is 5.68. The lowest BCUT2D eigenvalue weighted by Gasteiger charge is -2.12. The van der Waals surface area contributed by atoms with Crippen LogP contribution in [0.2, 0.25) is 0 Å². The van der Waals surface area contributed by atoms with Gasteiger partial charge in [0, 0.05) is 3.57 Å². The van der Waals surface area contributed by atoms with Crippen LogP contribution in [0.15, 0.2) is 71.6 Å². The summed E-state index contributed by atoms with van der Waals surface area (Å²) in [5, 5.41) is 1.96. The average Bonchev–Trinajstić information content (AvgIpc) is 2.91. The molecule has 0 radical (unpaired) electrons. The quantitative estimate of drug-likeness (QED) is 0.365. The number of fused-ring (bicyclic) bond motifs is 1. The first-order valence-corrected chi connectivity index (χ1v) is 9.99. The number of thioether (sulfide) groups is 1. The minimum Gasteiger partial charge on any atom is -0.268 e. The number of carbonyl (C=O) groups is 2. The second-order valence-electron chi connectivity index (χ2n) is 5.96. The molecule has 0 unspecified atom stereocenters. The van der Waals surface area contributed by atoms with Crippen LogP contribution >= 0.6 is 34.4 Å². The van der Waals surface area contributed by atoms with Crippen LogP contribution in [0.3, 0.4) is 0 Å². The highest BCUT2D eigenvalue weighted by Crippen LogP contribution is 2.34. The Morgan fingerprint density at radius 1 is 0.923 bits per heavy atom. The Morgan fingerprint density at radius 3 is 2.46 bits per heavy atom. The maximum absolute atomic E-state index is 12.7. The Bertz CT molecular complexity index is 1040. The van der Waals surface area contributed by atoms with Crippen molar-refractivity contribution in [1.82, 2.24) is 4.90 Å². The smallest absolute Gasteiger partial charge is 0.268 e. The van der Waals surface area contributed by atoms with Gasteiger partial charge < -0.3 is 0 Å². The highest BCUT2D eigenvalue weighted by Gasteiger charge is 2.35. The van der Waals surface area contributed by atoms with E-state index in [2.05, 4.69) is 22.6 Å². The molecule has 1 saturated heterocycles. The number of rotatable bonds is 3. The SMILES string of the molecule is O=C1S/C(=C\c2cccc3ccccc23)C(=O)N1Cc1ccc(I)cc1. The molecular formula is C21H14INO2S. The predicted molar refractivity (Wildman–Crippen MR) is 115 cm³/mol. The van der Waals surface area contributed by atoms with Crippen LogP contribution in [-0.2, 0) is 11.3 Å². The molecule has 0 saturated carbocycles. The minimum absolute atomic E-state index is 0.222. The van der Waals surface area contributed by atoms with Gasteiger partial charge in [-0.05, 0) is 74.5 Å². The first-order chi connectivity index (χ1) is 12.6. The van der Waals surface area contributed by atoms with Crippen LogP contribution in [0.4, 0.5) is 4.79 Å². The van der Waals surface area contributed by atoms with Crippen LogP contribution in [0, 0.1) is 3.57 Å². The van der Waals surface area contributed by atoms with Gasteiger partial charge >= 0.3 is 0 Å². The monoisotopic (exact) mass is 471 g/mol. The molecule has 4 rings (SSSR count). The molecule has 3 aromatic carbocycles. The van der Waals surface area contributed by atoms with Gasteiger partial charge in [0.2, 0.25) is 0 Å². The number of carbonyl (C=O) groups excluding carboxylic acids is 2. The third-order valence-corrected chi connectivity index (χ3v) is 5.86. The van der Waals surface area contributed by atoms with Crippen molar-refractivity contribution in [3.8, 4) is 0 Å². The summed E-state index contributed by atoms with van der Waals surface area (Å²) in [4.78, 5) is 26.9. The minimum atomic E-state index is -0.230. The van der Waals surface area contributed by atoms with Crippen LogP contribution in [-0.4, -0.2) is 16.0 Å². The van der Waals surface area contributed by atoms with Gasteiger partial charge in [-0.3, -0.25) is 14.5 Å². The van der Waals surface area contributed by atoms with Crippen LogP contribution in [0.1, 0.15) is 11.1 Å². The van der Waals surface area contributed by atoms with E-state index in [0.29, 0.717) is 11.4 Å². The summed E-state index contributed by atoms with van der Waals surface area (Å²) < 4.78 is 1.12. The molecule has 1 heterocycles. The van der Waals surface area contributed by atoms with Crippen LogP contribution < -0.4 is 0 Å². The largest absolute Gasteiger partial charge is 0.293 e. The number of imide groups is 1. The molecule has 3 aromatic rings. The van der Waals surface area contributed by atoms with Gasteiger partial charge in [0.1, 0.15) is 0 Å². The summed E-state index contributed by atoms with van der Waals surface area (Å²) in [6.45, 7) is 0.300. The van der Waals surface area contributed by atoms with Gasteiger partial charge in [0.25, 0.3) is 11.1 Å². The van der Waals surface area contributed by atoms with Gasteiger partial charge in [-0.25, -0.2) is 0 Å². The second kappa shape index (κ2) is 7.25. The lowest BCUT2D eigenvalue weighted by atomic mass is 10.0. The highest BCUT2D eigenvalue weighted by molar-refractivity contribution is 14.1. The topological polar surface area (TPSA) is 37.4 Å². The molecule has 1 fully saturated rings. The second-order valence-corrected chi connectivity index (χ2v) is 8.20. The first kappa shape index (κ1) is 17.3. The molecule has 26 heavy (non-hydrogen) atoms. The number of benzene rings is 3. The Balaban J connectivity index is 1.64. The maximum atomic E-state index is 12.7. The van der Waals surface area contributed by atoms with Crippen molar-refractivity contribution in [3.05, 3.63) is 86.3 Å². The van der Waals surface area contributed by atoms with Gasteiger partial charge in [0.15, 0.2) is 0 Å². The molecule has 0 bridgehead atoms. The van der Waals surface area contributed by atoms with Crippen molar-refractivity contribution in [2.24, 2.45) is 0 Å². The van der Waals surface area contributed by atoms with E-state index in [1.54, 1.807) is 0 Å². The summed E-state index contributed by atoms with van der Waals surface area (Å²) in [5.74, 6) is -0.230. The van der Waals surface area contributed by atoms with Crippen LogP contribution in [0.5, 0.6) is 0 Å². The van der Waals surface area contributed by atoms with Gasteiger partial charge in [-0.2, -0.15) is 0 Å². The molecule has 2 amide bonds. The molecule has 3 nitrogen and oxygen atoms in total. The van der Waals surface area contributed by atoms with Crippen molar-refractivity contribution < 1.29 is 9.59 Å². The van der Waals surface area contributed by atoms with Crippen molar-refractivity contribution in [1.29, 1.82) is 0 Å². The lowest BCUT2D eigenvalue weighted by molar-refractivity contribution is -0.123. The molecule has 0 aromatic heterocycles. The molecule has 0 spiro atoms. The molecule has 0 aliphatic carbocycles. The van der Waals surface area contributed by atoms with E-state index in [4.69, 9.17) is 0 Å². The van der Waals surface area contributed by atoms with Gasteiger partial charge in [-0.1, -0.05) is 54.6 Å². The fourth-order valence-corrected chi connectivity index (χ4v) is 4.12. The summed E-state index contributed by atoms with van der Waals surface area (Å²) in [6.07, 6.45) is 1.82. The average molecular weight is 471 g/mol. The summed E-state index contributed by atoms with van der Waals surface area (Å²) >= 11 is 3.24. The zero-order chi connectivity index (χ0) is 18.1. The van der Waals surface area contributed by atoms with E-state index in [0.717, 1.165) is 37.2 Å². The molecule has 5 heteroatoms. The summed E-state index contributed by atoms with van der Waals surface area (Å²) in [5.41, 5.74) is 1.89. The third-order valence-electron chi connectivity index (χ3n) is 4.24. The Labute approximate surface area is 169 Å². The van der Waals surface area contributed by atoms with E-state index in [1.807, 2.05) is 72.8 Å². The van der Waals surface area contributed by atoms with E-state index >= 15 is 0 Å². The fraction of sp³-hybridized carbons (Fsp3) is 0.0476. The number of nitrogens with zero attached hydrogens (tertiary/aromatic N) is 1. The fourth-order valence-electron chi connectivity index (χ4n) is 2.93. The van der Waals surface area contributed by atoms with Gasteiger partial charge in [-0.15, -0.1) is 0 Å². The van der Waals surface area contributed by atoms with E-state index in [-0.39, 0.29) is 11.1 Å². The number of amides is 2. The molecule has 128 valence electrons. The maximum Gasteiger partial charge on any atom is 0.293 e.